The number of anilines is 1. The number of halogens is 3. The largest absolute Gasteiger partial charge is 0.418 e. The van der Waals surface area contributed by atoms with Gasteiger partial charge in [-0.15, -0.1) is 0 Å². The second-order valence-corrected chi connectivity index (χ2v) is 4.92. The van der Waals surface area contributed by atoms with Crippen LogP contribution in [-0.2, 0) is 6.18 Å². The van der Waals surface area contributed by atoms with E-state index in [9.17, 15) is 13.2 Å². The van der Waals surface area contributed by atoms with E-state index in [-0.39, 0.29) is 6.04 Å². The van der Waals surface area contributed by atoms with Gasteiger partial charge in [0, 0.05) is 24.8 Å². The van der Waals surface area contributed by atoms with Crippen LogP contribution >= 0.6 is 0 Å². The number of para-hydroxylation sites is 1. The highest BCUT2D eigenvalue weighted by Gasteiger charge is 2.36. The molecule has 1 aromatic rings. The summed E-state index contributed by atoms with van der Waals surface area (Å²) >= 11 is 0. The molecule has 5 heteroatoms. The number of benzene rings is 1. The summed E-state index contributed by atoms with van der Waals surface area (Å²) in [5, 5.41) is 3.07. The zero-order valence-electron chi connectivity index (χ0n) is 11.0. The summed E-state index contributed by atoms with van der Waals surface area (Å²) in [6, 6.07) is 6.01. The number of nitrogens with one attached hydrogen (secondary N) is 1. The molecule has 0 radical (unpaired) electrons. The van der Waals surface area contributed by atoms with Crippen molar-refractivity contribution < 1.29 is 13.2 Å². The lowest BCUT2D eigenvalue weighted by Crippen LogP contribution is -2.45. The summed E-state index contributed by atoms with van der Waals surface area (Å²) in [6.45, 7) is 1.41. The van der Waals surface area contributed by atoms with Gasteiger partial charge < -0.3 is 10.2 Å². The van der Waals surface area contributed by atoms with Gasteiger partial charge in [0.1, 0.15) is 0 Å². The lowest BCUT2D eigenvalue weighted by Gasteiger charge is -2.38. The maximum absolute atomic E-state index is 13.1. The van der Waals surface area contributed by atoms with Crippen LogP contribution < -0.4 is 10.2 Å². The molecule has 1 heterocycles. The first kappa shape index (κ1) is 14.2. The second-order valence-electron chi connectivity index (χ2n) is 4.92. The van der Waals surface area contributed by atoms with Gasteiger partial charge in [0.25, 0.3) is 0 Å². The summed E-state index contributed by atoms with van der Waals surface area (Å²) in [5.74, 6) is 0. The smallest absolute Gasteiger partial charge is 0.367 e. The van der Waals surface area contributed by atoms with E-state index in [1.807, 2.05) is 11.9 Å². The van der Waals surface area contributed by atoms with Crippen LogP contribution in [0.1, 0.15) is 24.8 Å². The lowest BCUT2D eigenvalue weighted by molar-refractivity contribution is -0.137. The highest BCUT2D eigenvalue weighted by atomic mass is 19.4. The minimum Gasteiger partial charge on any atom is -0.367 e. The van der Waals surface area contributed by atoms with Crippen LogP contribution in [0.5, 0.6) is 0 Å². The second kappa shape index (κ2) is 5.82. The summed E-state index contributed by atoms with van der Waals surface area (Å²) in [5.41, 5.74) is -0.215. The molecule has 1 N–H and O–H groups in total. The number of nitrogens with zero attached hydrogens (tertiary/aromatic N) is 1. The molecule has 1 aliphatic rings. The van der Waals surface area contributed by atoms with Crippen LogP contribution in [0.4, 0.5) is 18.9 Å². The van der Waals surface area contributed by atoms with Crippen molar-refractivity contribution in [2.24, 2.45) is 0 Å². The van der Waals surface area contributed by atoms with E-state index in [2.05, 4.69) is 5.32 Å². The maximum Gasteiger partial charge on any atom is 0.418 e. The molecule has 1 unspecified atom stereocenters. The van der Waals surface area contributed by atoms with Crippen molar-refractivity contribution >= 4 is 5.69 Å². The van der Waals surface area contributed by atoms with Gasteiger partial charge in [0.05, 0.1) is 5.56 Å². The molecule has 0 amide bonds. The Labute approximate surface area is 111 Å². The molecule has 1 aliphatic heterocycles. The molecular formula is C14H19F3N2. The van der Waals surface area contributed by atoms with Crippen LogP contribution in [0.25, 0.3) is 0 Å². The molecule has 1 aromatic carbocycles. The minimum absolute atomic E-state index is 0.141. The van der Waals surface area contributed by atoms with Crippen LogP contribution in [-0.4, -0.2) is 26.2 Å². The van der Waals surface area contributed by atoms with Crippen LogP contribution in [0.3, 0.4) is 0 Å². The number of likely N-dealkylation sites (N-methyl/N-ethyl adjacent to an activating group) is 1. The Balaban J connectivity index is 2.33. The van der Waals surface area contributed by atoms with Gasteiger partial charge in [-0.3, -0.25) is 0 Å². The van der Waals surface area contributed by atoms with Crippen molar-refractivity contribution in [1.82, 2.24) is 5.32 Å². The fourth-order valence-corrected chi connectivity index (χ4v) is 2.73. The molecule has 2 nitrogen and oxygen atoms in total. The molecule has 106 valence electrons. The average molecular weight is 272 g/mol. The lowest BCUT2D eigenvalue weighted by atomic mass is 9.99. The third kappa shape index (κ3) is 3.21. The monoisotopic (exact) mass is 272 g/mol. The van der Waals surface area contributed by atoms with E-state index in [1.165, 1.54) is 12.1 Å². The molecule has 0 bridgehead atoms. The topological polar surface area (TPSA) is 15.3 Å². The van der Waals surface area contributed by atoms with E-state index >= 15 is 0 Å². The Morgan fingerprint density at radius 1 is 1.26 bits per heavy atom. The summed E-state index contributed by atoms with van der Waals surface area (Å²) in [6.07, 6.45) is -1.32. The molecule has 1 saturated heterocycles. The van der Waals surface area contributed by atoms with Crippen molar-refractivity contribution in [3.05, 3.63) is 29.8 Å². The summed E-state index contributed by atoms with van der Waals surface area (Å²) in [7, 11) is 1.84. The summed E-state index contributed by atoms with van der Waals surface area (Å²) in [4.78, 5) is 1.91. The van der Waals surface area contributed by atoms with Crippen LogP contribution in [0.2, 0.25) is 0 Å². The Hall–Kier alpha value is -1.23. The van der Waals surface area contributed by atoms with E-state index in [0.717, 1.165) is 19.3 Å². The fraction of sp³-hybridized carbons (Fsp3) is 0.571. The first-order valence-electron chi connectivity index (χ1n) is 6.61. The van der Waals surface area contributed by atoms with Crippen molar-refractivity contribution in [1.29, 1.82) is 0 Å². The highest BCUT2D eigenvalue weighted by Crippen LogP contribution is 2.38. The van der Waals surface area contributed by atoms with Crippen molar-refractivity contribution in [3.8, 4) is 0 Å². The van der Waals surface area contributed by atoms with Gasteiger partial charge in [-0.05, 0) is 38.4 Å². The standard InChI is InChI=1S/C14H19F3N2/c1-18-10-11-6-4-5-9-19(11)13-8-3-2-7-12(13)14(15,16)17/h2-3,7-8,11,18H,4-6,9-10H2,1H3. The van der Waals surface area contributed by atoms with E-state index < -0.39 is 11.7 Å². The molecule has 19 heavy (non-hydrogen) atoms. The average Bonchev–Trinajstić information content (AvgIpc) is 2.39. The Morgan fingerprint density at radius 2 is 2.00 bits per heavy atom. The van der Waals surface area contributed by atoms with Gasteiger partial charge >= 0.3 is 6.18 Å². The predicted octanol–water partition coefficient (Wildman–Crippen LogP) is 3.28. The Bertz CT molecular complexity index is 415. The quantitative estimate of drug-likeness (QED) is 0.908. The van der Waals surface area contributed by atoms with Gasteiger partial charge in [-0.1, -0.05) is 12.1 Å². The van der Waals surface area contributed by atoms with Crippen LogP contribution in [0.15, 0.2) is 24.3 Å². The molecule has 1 fully saturated rings. The SMILES string of the molecule is CNCC1CCCCN1c1ccccc1C(F)(F)F. The van der Waals surface area contributed by atoms with Crippen molar-refractivity contribution in [2.45, 2.75) is 31.5 Å². The molecule has 0 saturated carbocycles. The van der Waals surface area contributed by atoms with E-state index in [0.29, 0.717) is 18.8 Å². The van der Waals surface area contributed by atoms with E-state index in [4.69, 9.17) is 0 Å². The number of piperidine rings is 1. The maximum atomic E-state index is 13.1. The normalized spacial score (nSPS) is 20.6. The van der Waals surface area contributed by atoms with E-state index in [1.54, 1.807) is 12.1 Å². The fourth-order valence-electron chi connectivity index (χ4n) is 2.73. The molecule has 1 atom stereocenters. The zero-order chi connectivity index (χ0) is 13.9. The molecule has 0 spiro atoms. The number of alkyl halides is 3. The molecule has 0 aliphatic carbocycles. The first-order valence-corrected chi connectivity index (χ1v) is 6.61. The van der Waals surface area contributed by atoms with Gasteiger partial charge in [-0.25, -0.2) is 0 Å². The number of hydrogen-bond acceptors (Lipinski definition) is 2. The van der Waals surface area contributed by atoms with Crippen molar-refractivity contribution in [3.63, 3.8) is 0 Å². The number of hydrogen-bond donors (Lipinski definition) is 1. The number of rotatable bonds is 3. The zero-order valence-corrected chi connectivity index (χ0v) is 11.0. The molecule has 2 rings (SSSR count). The molecule has 0 aromatic heterocycles. The Kier molecular flexibility index (Phi) is 4.34. The van der Waals surface area contributed by atoms with Gasteiger partial charge in [0.15, 0.2) is 0 Å². The Morgan fingerprint density at radius 3 is 2.68 bits per heavy atom. The van der Waals surface area contributed by atoms with Crippen LogP contribution in [0, 0.1) is 0 Å². The van der Waals surface area contributed by atoms with Crippen molar-refractivity contribution in [2.75, 3.05) is 25.0 Å². The first-order chi connectivity index (χ1) is 9.04. The minimum atomic E-state index is -4.29. The highest BCUT2D eigenvalue weighted by molar-refractivity contribution is 5.56. The molecular weight excluding hydrogens is 253 g/mol. The summed E-state index contributed by atoms with van der Waals surface area (Å²) < 4.78 is 39.2. The third-order valence-electron chi connectivity index (χ3n) is 3.59. The third-order valence-corrected chi connectivity index (χ3v) is 3.59. The van der Waals surface area contributed by atoms with Gasteiger partial charge in [-0.2, -0.15) is 13.2 Å². The predicted molar refractivity (Wildman–Crippen MR) is 70.4 cm³/mol. The van der Waals surface area contributed by atoms with Gasteiger partial charge in [0.2, 0.25) is 0 Å².